The number of likely N-dealkylation sites (tertiary alicyclic amines) is 1. The summed E-state index contributed by atoms with van der Waals surface area (Å²) in [6, 6.07) is 13.0. The highest BCUT2D eigenvalue weighted by Gasteiger charge is 2.34. The molecule has 2 aromatic rings. The van der Waals surface area contributed by atoms with Gasteiger partial charge in [-0.05, 0) is 50.1 Å². The van der Waals surface area contributed by atoms with Crippen molar-refractivity contribution in [2.45, 2.75) is 32.7 Å². The van der Waals surface area contributed by atoms with E-state index in [2.05, 4.69) is 10.6 Å². The molecular formula is C23H26FN3O3. The first-order chi connectivity index (χ1) is 14.3. The van der Waals surface area contributed by atoms with E-state index in [0.29, 0.717) is 30.8 Å². The molecule has 0 aromatic heterocycles. The number of rotatable bonds is 7. The van der Waals surface area contributed by atoms with Crippen molar-refractivity contribution in [2.75, 3.05) is 18.4 Å². The SMILES string of the molecule is CC(C)NC(=O)c1ccccc1NC(=O)[C@@H]1CC(=O)N(CCc2ccc(F)cc2)C1. The Bertz CT molecular complexity index is 928. The molecule has 0 aliphatic carbocycles. The summed E-state index contributed by atoms with van der Waals surface area (Å²) in [6.45, 7) is 4.53. The van der Waals surface area contributed by atoms with Gasteiger partial charge in [0.25, 0.3) is 5.91 Å². The molecule has 1 heterocycles. The Morgan fingerprint density at radius 2 is 1.83 bits per heavy atom. The first-order valence-electron chi connectivity index (χ1n) is 10.1. The maximum absolute atomic E-state index is 13.0. The molecule has 0 bridgehead atoms. The van der Waals surface area contributed by atoms with E-state index in [1.165, 1.54) is 12.1 Å². The largest absolute Gasteiger partial charge is 0.350 e. The monoisotopic (exact) mass is 411 g/mol. The van der Waals surface area contributed by atoms with Crippen LogP contribution in [0.4, 0.5) is 10.1 Å². The molecule has 158 valence electrons. The molecule has 3 rings (SSSR count). The molecule has 30 heavy (non-hydrogen) atoms. The average Bonchev–Trinajstić information content (AvgIpc) is 3.08. The normalized spacial score (nSPS) is 16.1. The number of amides is 3. The van der Waals surface area contributed by atoms with Gasteiger partial charge < -0.3 is 15.5 Å². The number of para-hydroxylation sites is 1. The van der Waals surface area contributed by atoms with Crippen molar-refractivity contribution in [3.63, 3.8) is 0 Å². The lowest BCUT2D eigenvalue weighted by Crippen LogP contribution is -2.32. The molecule has 0 saturated carbocycles. The molecular weight excluding hydrogens is 385 g/mol. The van der Waals surface area contributed by atoms with Crippen LogP contribution < -0.4 is 10.6 Å². The van der Waals surface area contributed by atoms with Crippen LogP contribution in [0.25, 0.3) is 0 Å². The van der Waals surface area contributed by atoms with Gasteiger partial charge in [-0.25, -0.2) is 4.39 Å². The number of nitrogens with zero attached hydrogens (tertiary/aromatic N) is 1. The van der Waals surface area contributed by atoms with E-state index < -0.39 is 5.92 Å². The summed E-state index contributed by atoms with van der Waals surface area (Å²) in [5, 5.41) is 5.62. The van der Waals surface area contributed by atoms with Gasteiger partial charge in [0, 0.05) is 25.6 Å². The van der Waals surface area contributed by atoms with E-state index in [-0.39, 0.29) is 36.0 Å². The fourth-order valence-electron chi connectivity index (χ4n) is 3.44. The van der Waals surface area contributed by atoms with Gasteiger partial charge in [-0.1, -0.05) is 24.3 Å². The van der Waals surface area contributed by atoms with Crippen molar-refractivity contribution in [2.24, 2.45) is 5.92 Å². The van der Waals surface area contributed by atoms with E-state index in [9.17, 15) is 18.8 Å². The minimum absolute atomic E-state index is 0.0247. The second kappa shape index (κ2) is 9.52. The highest BCUT2D eigenvalue weighted by molar-refractivity contribution is 6.05. The average molecular weight is 411 g/mol. The molecule has 1 aliphatic heterocycles. The minimum atomic E-state index is -0.480. The molecule has 0 unspecified atom stereocenters. The highest BCUT2D eigenvalue weighted by atomic mass is 19.1. The Labute approximate surface area is 175 Å². The molecule has 1 atom stereocenters. The molecule has 0 radical (unpaired) electrons. The van der Waals surface area contributed by atoms with Crippen LogP contribution in [0.3, 0.4) is 0 Å². The van der Waals surface area contributed by atoms with Crippen molar-refractivity contribution in [3.05, 3.63) is 65.5 Å². The standard InChI is InChI=1S/C23H26FN3O3/c1-15(2)25-23(30)19-5-3-4-6-20(19)26-22(29)17-13-21(28)27(14-17)12-11-16-7-9-18(24)10-8-16/h3-10,15,17H,11-14H2,1-2H3,(H,25,30)(H,26,29)/t17-/m1/s1. The first-order valence-corrected chi connectivity index (χ1v) is 10.1. The predicted molar refractivity (Wildman–Crippen MR) is 112 cm³/mol. The Balaban J connectivity index is 1.60. The molecule has 1 fully saturated rings. The zero-order valence-electron chi connectivity index (χ0n) is 17.2. The second-order valence-corrected chi connectivity index (χ2v) is 7.78. The minimum Gasteiger partial charge on any atom is -0.350 e. The molecule has 1 saturated heterocycles. The lowest BCUT2D eigenvalue weighted by molar-refractivity contribution is -0.128. The van der Waals surface area contributed by atoms with Crippen LogP contribution in [0, 0.1) is 11.7 Å². The number of hydrogen-bond donors (Lipinski definition) is 2. The Hall–Kier alpha value is -3.22. The van der Waals surface area contributed by atoms with Crippen molar-refractivity contribution in [3.8, 4) is 0 Å². The van der Waals surface area contributed by atoms with Gasteiger partial charge in [-0.3, -0.25) is 14.4 Å². The number of halogens is 1. The summed E-state index contributed by atoms with van der Waals surface area (Å²) in [5.41, 5.74) is 1.75. The number of carbonyl (C=O) groups is 3. The van der Waals surface area contributed by atoms with Gasteiger partial charge in [0.05, 0.1) is 17.2 Å². The van der Waals surface area contributed by atoms with Crippen LogP contribution in [0.1, 0.15) is 36.2 Å². The van der Waals surface area contributed by atoms with E-state index in [1.54, 1.807) is 41.3 Å². The molecule has 3 amide bonds. The van der Waals surface area contributed by atoms with Crippen LogP contribution in [0.5, 0.6) is 0 Å². The van der Waals surface area contributed by atoms with E-state index in [4.69, 9.17) is 0 Å². The molecule has 2 aromatic carbocycles. The summed E-state index contributed by atoms with van der Waals surface area (Å²) >= 11 is 0. The summed E-state index contributed by atoms with van der Waals surface area (Å²) < 4.78 is 13.0. The number of hydrogen-bond acceptors (Lipinski definition) is 3. The molecule has 1 aliphatic rings. The fourth-order valence-corrected chi connectivity index (χ4v) is 3.44. The second-order valence-electron chi connectivity index (χ2n) is 7.78. The predicted octanol–water partition coefficient (Wildman–Crippen LogP) is 2.99. The van der Waals surface area contributed by atoms with Crippen molar-refractivity contribution < 1.29 is 18.8 Å². The fraction of sp³-hybridized carbons (Fsp3) is 0.348. The first kappa shape index (κ1) is 21.5. The van der Waals surface area contributed by atoms with E-state index in [1.807, 2.05) is 13.8 Å². The number of nitrogens with one attached hydrogen (secondary N) is 2. The Morgan fingerprint density at radius 1 is 1.13 bits per heavy atom. The summed E-state index contributed by atoms with van der Waals surface area (Å²) in [5.74, 6) is -1.40. The third kappa shape index (κ3) is 5.43. The van der Waals surface area contributed by atoms with Crippen LogP contribution in [-0.4, -0.2) is 41.8 Å². The third-order valence-electron chi connectivity index (χ3n) is 5.02. The molecule has 7 heteroatoms. The van der Waals surface area contributed by atoms with Crippen molar-refractivity contribution >= 4 is 23.4 Å². The number of benzene rings is 2. The lowest BCUT2D eigenvalue weighted by atomic mass is 10.1. The summed E-state index contributed by atoms with van der Waals surface area (Å²) in [4.78, 5) is 39.1. The Morgan fingerprint density at radius 3 is 2.53 bits per heavy atom. The quantitative estimate of drug-likeness (QED) is 0.735. The maximum atomic E-state index is 13.0. The molecule has 0 spiro atoms. The zero-order chi connectivity index (χ0) is 21.7. The van der Waals surface area contributed by atoms with Gasteiger partial charge in [0.15, 0.2) is 0 Å². The maximum Gasteiger partial charge on any atom is 0.253 e. The van der Waals surface area contributed by atoms with Gasteiger partial charge in [0.2, 0.25) is 11.8 Å². The molecule has 6 nitrogen and oxygen atoms in total. The van der Waals surface area contributed by atoms with Crippen LogP contribution in [0.2, 0.25) is 0 Å². The smallest absolute Gasteiger partial charge is 0.253 e. The van der Waals surface area contributed by atoms with Crippen LogP contribution in [0.15, 0.2) is 48.5 Å². The zero-order valence-corrected chi connectivity index (χ0v) is 17.2. The molecule has 2 N–H and O–H groups in total. The van der Waals surface area contributed by atoms with Crippen LogP contribution >= 0.6 is 0 Å². The van der Waals surface area contributed by atoms with Crippen molar-refractivity contribution in [1.82, 2.24) is 10.2 Å². The number of anilines is 1. The van der Waals surface area contributed by atoms with Crippen LogP contribution in [-0.2, 0) is 16.0 Å². The summed E-state index contributed by atoms with van der Waals surface area (Å²) in [6.07, 6.45) is 0.730. The van der Waals surface area contributed by atoms with E-state index in [0.717, 1.165) is 5.56 Å². The van der Waals surface area contributed by atoms with Gasteiger partial charge in [-0.15, -0.1) is 0 Å². The Kier molecular flexibility index (Phi) is 6.82. The topological polar surface area (TPSA) is 78.5 Å². The van der Waals surface area contributed by atoms with E-state index >= 15 is 0 Å². The number of carbonyl (C=O) groups excluding carboxylic acids is 3. The van der Waals surface area contributed by atoms with Crippen molar-refractivity contribution in [1.29, 1.82) is 0 Å². The lowest BCUT2D eigenvalue weighted by Gasteiger charge is -2.17. The summed E-state index contributed by atoms with van der Waals surface area (Å²) in [7, 11) is 0. The van der Waals surface area contributed by atoms with Gasteiger partial charge in [0.1, 0.15) is 5.82 Å². The third-order valence-corrected chi connectivity index (χ3v) is 5.02. The highest BCUT2D eigenvalue weighted by Crippen LogP contribution is 2.22. The van der Waals surface area contributed by atoms with Gasteiger partial charge >= 0.3 is 0 Å². The van der Waals surface area contributed by atoms with Gasteiger partial charge in [-0.2, -0.15) is 0 Å².